The molecule has 0 aromatic carbocycles. The summed E-state index contributed by atoms with van der Waals surface area (Å²) in [6, 6.07) is 16.5. The van der Waals surface area contributed by atoms with Crippen LogP contribution < -0.4 is 0 Å². The van der Waals surface area contributed by atoms with Crippen LogP contribution in [0, 0.1) is 0 Å². The number of allylic oxidation sites excluding steroid dienone is 2. The maximum Gasteiger partial charge on any atom is 0.0546 e. The monoisotopic (exact) mass is 496 g/mol. The van der Waals surface area contributed by atoms with Crippen molar-refractivity contribution < 1.29 is 0 Å². The highest BCUT2D eigenvalue weighted by atomic mass is 15.2. The van der Waals surface area contributed by atoms with E-state index < -0.39 is 0 Å². The number of hydrogen-bond donors (Lipinski definition) is 0. The van der Waals surface area contributed by atoms with Crippen LogP contribution in [0.5, 0.6) is 0 Å². The van der Waals surface area contributed by atoms with Crippen molar-refractivity contribution >= 4 is 5.71 Å². The van der Waals surface area contributed by atoms with E-state index in [1.54, 1.807) is 6.08 Å². The second-order valence-corrected chi connectivity index (χ2v) is 9.46. The lowest BCUT2D eigenvalue weighted by molar-refractivity contribution is 0.219. The first-order valence-corrected chi connectivity index (χ1v) is 13.0. The van der Waals surface area contributed by atoms with Crippen molar-refractivity contribution in [3.63, 3.8) is 0 Å². The summed E-state index contributed by atoms with van der Waals surface area (Å²) in [5, 5.41) is 0. The summed E-state index contributed by atoms with van der Waals surface area (Å²) >= 11 is 0. The average molecular weight is 497 g/mol. The largest absolute Gasteiger partial charge is 0.292 e. The normalized spacial score (nSPS) is 12.2. The number of rotatable bonds is 15. The molecule has 194 valence electrons. The molecule has 0 radical (unpaired) electrons. The van der Waals surface area contributed by atoms with Gasteiger partial charge in [0.1, 0.15) is 0 Å². The molecule has 3 rings (SSSR count). The number of pyridine rings is 3. The van der Waals surface area contributed by atoms with Gasteiger partial charge >= 0.3 is 0 Å². The molecule has 3 heterocycles. The van der Waals surface area contributed by atoms with E-state index in [-0.39, 0.29) is 0 Å². The van der Waals surface area contributed by atoms with Gasteiger partial charge in [-0.15, -0.1) is 0 Å². The molecule has 0 unspecified atom stereocenters. The third kappa shape index (κ3) is 10.2. The van der Waals surface area contributed by atoms with E-state index in [4.69, 9.17) is 0 Å². The summed E-state index contributed by atoms with van der Waals surface area (Å²) in [7, 11) is 1.84. The SMILES string of the molecule is C=C/C=C\C(CN(CCCN(Cc1ccccn1)Cc1cc(C(C)C)ccn1)Cc1ccccn1)=NC. The van der Waals surface area contributed by atoms with Crippen molar-refractivity contribution in [3.05, 3.63) is 115 Å². The van der Waals surface area contributed by atoms with Gasteiger partial charge in [-0.1, -0.05) is 44.7 Å². The van der Waals surface area contributed by atoms with Crippen molar-refractivity contribution in [2.75, 3.05) is 26.7 Å². The van der Waals surface area contributed by atoms with Crippen LogP contribution >= 0.6 is 0 Å². The average Bonchev–Trinajstić information content (AvgIpc) is 2.92. The zero-order chi connectivity index (χ0) is 26.3. The summed E-state index contributed by atoms with van der Waals surface area (Å²) in [6.07, 6.45) is 12.4. The molecule has 3 aromatic heterocycles. The Labute approximate surface area is 222 Å². The predicted molar refractivity (Wildman–Crippen MR) is 154 cm³/mol. The highest BCUT2D eigenvalue weighted by molar-refractivity contribution is 5.96. The molecule has 0 bridgehead atoms. The Bertz CT molecular complexity index is 1120. The lowest BCUT2D eigenvalue weighted by atomic mass is 10.0. The Morgan fingerprint density at radius 2 is 1.49 bits per heavy atom. The van der Waals surface area contributed by atoms with Crippen molar-refractivity contribution in [1.82, 2.24) is 24.8 Å². The molecule has 0 fully saturated rings. The van der Waals surface area contributed by atoms with Gasteiger partial charge < -0.3 is 0 Å². The Hall–Kier alpha value is -3.48. The second-order valence-electron chi connectivity index (χ2n) is 9.46. The third-order valence-electron chi connectivity index (χ3n) is 6.16. The van der Waals surface area contributed by atoms with Crippen molar-refractivity contribution in [3.8, 4) is 0 Å². The summed E-state index contributed by atoms with van der Waals surface area (Å²) in [4.78, 5) is 23.1. The van der Waals surface area contributed by atoms with Crippen LogP contribution in [0.2, 0.25) is 0 Å². The molecule has 6 heteroatoms. The van der Waals surface area contributed by atoms with E-state index in [0.29, 0.717) is 5.92 Å². The molecule has 3 aromatic rings. The second kappa shape index (κ2) is 15.6. The summed E-state index contributed by atoms with van der Waals surface area (Å²) in [5.41, 5.74) is 5.58. The molecule has 6 nitrogen and oxygen atoms in total. The Morgan fingerprint density at radius 3 is 2.08 bits per heavy atom. The van der Waals surface area contributed by atoms with Gasteiger partial charge in [0.15, 0.2) is 0 Å². The maximum absolute atomic E-state index is 4.67. The van der Waals surface area contributed by atoms with Crippen molar-refractivity contribution in [2.24, 2.45) is 4.99 Å². The lowest BCUT2D eigenvalue weighted by Gasteiger charge is -2.26. The Balaban J connectivity index is 1.70. The number of aliphatic imine (C=N–C) groups is 1. The van der Waals surface area contributed by atoms with E-state index in [9.17, 15) is 0 Å². The maximum atomic E-state index is 4.67. The van der Waals surface area contributed by atoms with Gasteiger partial charge in [-0.25, -0.2) is 0 Å². The minimum Gasteiger partial charge on any atom is -0.292 e. The molecule has 0 N–H and O–H groups in total. The number of hydrogen-bond acceptors (Lipinski definition) is 6. The van der Waals surface area contributed by atoms with Crippen LogP contribution in [-0.2, 0) is 19.6 Å². The van der Waals surface area contributed by atoms with Crippen LogP contribution in [0.1, 0.15) is 48.8 Å². The van der Waals surface area contributed by atoms with E-state index in [1.807, 2.05) is 56.0 Å². The molecule has 0 aliphatic carbocycles. The third-order valence-corrected chi connectivity index (χ3v) is 6.16. The summed E-state index contributed by atoms with van der Waals surface area (Å²) in [6.45, 7) is 13.2. The molecular formula is C31H40N6. The predicted octanol–water partition coefficient (Wildman–Crippen LogP) is 5.70. The lowest BCUT2D eigenvalue weighted by Crippen LogP contribution is -2.33. The van der Waals surface area contributed by atoms with E-state index in [0.717, 1.165) is 68.5 Å². The van der Waals surface area contributed by atoms with E-state index in [2.05, 4.69) is 80.5 Å². The molecule has 0 saturated carbocycles. The first kappa shape index (κ1) is 28.1. The van der Waals surface area contributed by atoms with Gasteiger partial charge in [0.25, 0.3) is 0 Å². The van der Waals surface area contributed by atoms with Gasteiger partial charge in [0.05, 0.1) is 17.1 Å². The van der Waals surface area contributed by atoms with Crippen LogP contribution in [-0.4, -0.2) is 57.1 Å². The van der Waals surface area contributed by atoms with E-state index >= 15 is 0 Å². The molecule has 0 spiro atoms. The molecule has 37 heavy (non-hydrogen) atoms. The molecule has 0 aliphatic heterocycles. The topological polar surface area (TPSA) is 57.5 Å². The molecule has 0 amide bonds. The van der Waals surface area contributed by atoms with Gasteiger partial charge in [-0.2, -0.15) is 0 Å². The van der Waals surface area contributed by atoms with Crippen molar-refractivity contribution in [2.45, 2.75) is 45.8 Å². The Kier molecular flexibility index (Phi) is 11.8. The highest BCUT2D eigenvalue weighted by Gasteiger charge is 2.13. The zero-order valence-corrected chi connectivity index (χ0v) is 22.5. The van der Waals surface area contributed by atoms with Crippen LogP contribution in [0.4, 0.5) is 0 Å². The van der Waals surface area contributed by atoms with E-state index in [1.165, 1.54) is 5.56 Å². The summed E-state index contributed by atoms with van der Waals surface area (Å²) in [5.74, 6) is 0.482. The number of aromatic nitrogens is 3. The van der Waals surface area contributed by atoms with Gasteiger partial charge in [0.2, 0.25) is 0 Å². The fourth-order valence-electron chi connectivity index (χ4n) is 4.17. The Morgan fingerprint density at radius 1 is 0.865 bits per heavy atom. The first-order valence-electron chi connectivity index (χ1n) is 13.0. The van der Waals surface area contributed by atoms with Gasteiger partial charge in [-0.3, -0.25) is 29.7 Å². The standard InChI is InChI=1S/C31H40N6/c1-5-6-12-28(32-4)22-36(23-29-13-7-9-16-33-29)19-11-20-37(24-30-14-8-10-17-34-30)25-31-21-27(26(2)3)15-18-35-31/h5-10,12-18,21,26H,1,11,19-20,22-25H2,2-4H3/b12-6-,32-28?. The quantitative estimate of drug-likeness (QED) is 0.199. The van der Waals surface area contributed by atoms with Gasteiger partial charge in [0, 0.05) is 70.6 Å². The van der Waals surface area contributed by atoms with Crippen LogP contribution in [0.3, 0.4) is 0 Å². The smallest absolute Gasteiger partial charge is 0.0546 e. The highest BCUT2D eigenvalue weighted by Crippen LogP contribution is 2.16. The molecular weight excluding hydrogens is 456 g/mol. The fourth-order valence-corrected chi connectivity index (χ4v) is 4.17. The molecule has 0 saturated heterocycles. The number of nitrogens with zero attached hydrogens (tertiary/aromatic N) is 6. The van der Waals surface area contributed by atoms with Crippen LogP contribution in [0.15, 0.2) is 96.9 Å². The molecule has 0 atom stereocenters. The zero-order valence-electron chi connectivity index (χ0n) is 22.5. The summed E-state index contributed by atoms with van der Waals surface area (Å²) < 4.78 is 0. The van der Waals surface area contributed by atoms with Crippen LogP contribution in [0.25, 0.3) is 0 Å². The fraction of sp³-hybridized carbons (Fsp3) is 0.355. The minimum absolute atomic E-state index is 0.482. The first-order chi connectivity index (χ1) is 18.1. The van der Waals surface area contributed by atoms with Gasteiger partial charge in [-0.05, 0) is 60.4 Å². The molecule has 0 aliphatic rings. The minimum atomic E-state index is 0.482. The van der Waals surface area contributed by atoms with Crippen molar-refractivity contribution in [1.29, 1.82) is 0 Å².